The van der Waals surface area contributed by atoms with Crippen molar-refractivity contribution in [1.29, 1.82) is 0 Å². The Morgan fingerprint density at radius 1 is 1.07 bits per heavy atom. The molecule has 0 saturated carbocycles. The minimum atomic E-state index is -0.919. The molecule has 2 aromatic carbocycles. The van der Waals surface area contributed by atoms with E-state index in [4.69, 9.17) is 4.52 Å². The van der Waals surface area contributed by atoms with Gasteiger partial charge in [-0.05, 0) is 62.6 Å². The minimum absolute atomic E-state index is 0.201. The van der Waals surface area contributed by atoms with Crippen LogP contribution in [0.3, 0.4) is 0 Å². The lowest BCUT2D eigenvalue weighted by molar-refractivity contribution is 0.0320. The first-order valence-electron chi connectivity index (χ1n) is 9.25. The zero-order valence-corrected chi connectivity index (χ0v) is 15.7. The van der Waals surface area contributed by atoms with E-state index >= 15 is 0 Å². The lowest BCUT2D eigenvalue weighted by Crippen LogP contribution is -2.51. The fraction of sp³-hybridized carbons (Fsp3) is 0.286. The van der Waals surface area contributed by atoms with Crippen LogP contribution in [0.15, 0.2) is 47.0 Å². The smallest absolute Gasteiger partial charge is 0.258 e. The number of amides is 1. The van der Waals surface area contributed by atoms with Crippen molar-refractivity contribution in [2.24, 2.45) is 0 Å². The maximum Gasteiger partial charge on any atom is 0.258 e. The SMILES string of the molecule is CC1(c2noc(-c3ccc(F)cc3)n2)CCCCN1C(=O)c1ccc(F)cc1F. The van der Waals surface area contributed by atoms with E-state index in [2.05, 4.69) is 10.1 Å². The fourth-order valence-electron chi connectivity index (χ4n) is 3.64. The van der Waals surface area contributed by atoms with Crippen molar-refractivity contribution >= 4 is 5.91 Å². The van der Waals surface area contributed by atoms with Gasteiger partial charge in [-0.25, -0.2) is 13.2 Å². The largest absolute Gasteiger partial charge is 0.334 e. The molecule has 1 unspecified atom stereocenters. The Balaban J connectivity index is 1.69. The van der Waals surface area contributed by atoms with E-state index in [9.17, 15) is 18.0 Å². The molecular formula is C21H18F3N3O2. The van der Waals surface area contributed by atoms with E-state index in [1.54, 1.807) is 6.92 Å². The molecule has 8 heteroatoms. The van der Waals surface area contributed by atoms with Gasteiger partial charge in [0.05, 0.1) is 5.56 Å². The zero-order chi connectivity index (χ0) is 20.6. The summed E-state index contributed by atoms with van der Waals surface area (Å²) in [5.74, 6) is -2.12. The highest BCUT2D eigenvalue weighted by molar-refractivity contribution is 5.95. The molecular weight excluding hydrogens is 383 g/mol. The molecule has 1 saturated heterocycles. The Kier molecular flexibility index (Phi) is 4.86. The molecule has 4 rings (SSSR count). The second-order valence-corrected chi connectivity index (χ2v) is 7.24. The van der Waals surface area contributed by atoms with Crippen molar-refractivity contribution in [3.63, 3.8) is 0 Å². The van der Waals surface area contributed by atoms with Crippen LogP contribution in [0.5, 0.6) is 0 Å². The van der Waals surface area contributed by atoms with Crippen LogP contribution in [0.4, 0.5) is 13.2 Å². The number of likely N-dealkylation sites (tertiary alicyclic amines) is 1. The van der Waals surface area contributed by atoms with E-state index in [-0.39, 0.29) is 23.1 Å². The summed E-state index contributed by atoms with van der Waals surface area (Å²) in [6.45, 7) is 2.18. The maximum absolute atomic E-state index is 14.2. The Bertz CT molecular complexity index is 1050. The summed E-state index contributed by atoms with van der Waals surface area (Å²) in [5.41, 5.74) is -0.577. The summed E-state index contributed by atoms with van der Waals surface area (Å²) < 4.78 is 45.9. The summed E-state index contributed by atoms with van der Waals surface area (Å²) >= 11 is 0. The van der Waals surface area contributed by atoms with Crippen LogP contribution >= 0.6 is 0 Å². The van der Waals surface area contributed by atoms with Gasteiger partial charge in [0, 0.05) is 18.2 Å². The lowest BCUT2D eigenvalue weighted by atomic mass is 9.87. The summed E-state index contributed by atoms with van der Waals surface area (Å²) in [6, 6.07) is 8.50. The van der Waals surface area contributed by atoms with Crippen molar-refractivity contribution in [2.75, 3.05) is 6.54 Å². The topological polar surface area (TPSA) is 59.2 Å². The van der Waals surface area contributed by atoms with Crippen LogP contribution in [-0.4, -0.2) is 27.5 Å². The van der Waals surface area contributed by atoms with Crippen molar-refractivity contribution in [3.8, 4) is 11.5 Å². The standard InChI is InChI=1S/C21H18F3N3O2/c1-21(20-25-18(29-26-20)13-4-6-14(22)7-5-13)10-2-3-11-27(21)19(28)16-9-8-15(23)12-17(16)24/h4-9,12H,2-3,10-11H2,1H3. The van der Waals surface area contributed by atoms with Gasteiger partial charge in [0.25, 0.3) is 11.8 Å². The van der Waals surface area contributed by atoms with Gasteiger partial charge in [-0.3, -0.25) is 4.79 Å². The van der Waals surface area contributed by atoms with Crippen LogP contribution in [0.2, 0.25) is 0 Å². The average molecular weight is 401 g/mol. The molecule has 1 atom stereocenters. The van der Waals surface area contributed by atoms with Crippen LogP contribution in [-0.2, 0) is 5.54 Å². The molecule has 0 spiro atoms. The van der Waals surface area contributed by atoms with E-state index in [1.807, 2.05) is 0 Å². The van der Waals surface area contributed by atoms with Gasteiger partial charge in [0.1, 0.15) is 23.0 Å². The number of benzene rings is 2. The Labute approximate surface area is 165 Å². The average Bonchev–Trinajstić information content (AvgIpc) is 3.19. The second-order valence-electron chi connectivity index (χ2n) is 7.24. The molecule has 0 aliphatic carbocycles. The molecule has 0 bridgehead atoms. The lowest BCUT2D eigenvalue weighted by Gasteiger charge is -2.42. The zero-order valence-electron chi connectivity index (χ0n) is 15.7. The molecule has 29 heavy (non-hydrogen) atoms. The highest BCUT2D eigenvalue weighted by Gasteiger charge is 2.43. The maximum atomic E-state index is 14.2. The van der Waals surface area contributed by atoms with Gasteiger partial charge in [0.2, 0.25) is 0 Å². The number of carbonyl (C=O) groups excluding carboxylic acids is 1. The summed E-state index contributed by atoms with van der Waals surface area (Å²) in [5, 5.41) is 4.05. The minimum Gasteiger partial charge on any atom is -0.334 e. The molecule has 2 heterocycles. The van der Waals surface area contributed by atoms with E-state index in [0.29, 0.717) is 24.6 Å². The van der Waals surface area contributed by atoms with E-state index in [1.165, 1.54) is 29.2 Å². The number of hydrogen-bond acceptors (Lipinski definition) is 4. The van der Waals surface area contributed by atoms with Crippen LogP contribution in [0, 0.1) is 17.5 Å². The summed E-state index contributed by atoms with van der Waals surface area (Å²) in [7, 11) is 0. The molecule has 1 aliphatic heterocycles. The fourth-order valence-corrected chi connectivity index (χ4v) is 3.64. The highest BCUT2D eigenvalue weighted by Crippen LogP contribution is 2.38. The predicted octanol–water partition coefficient (Wildman–Crippen LogP) is 4.70. The summed E-state index contributed by atoms with van der Waals surface area (Å²) in [4.78, 5) is 19.0. The number of piperidine rings is 1. The monoisotopic (exact) mass is 401 g/mol. The molecule has 1 aromatic heterocycles. The third kappa shape index (κ3) is 3.50. The number of rotatable bonds is 3. The number of carbonyl (C=O) groups is 1. The first-order valence-corrected chi connectivity index (χ1v) is 9.25. The van der Waals surface area contributed by atoms with E-state index in [0.717, 1.165) is 25.0 Å². The van der Waals surface area contributed by atoms with Gasteiger partial charge < -0.3 is 9.42 Å². The number of halogens is 3. The first-order chi connectivity index (χ1) is 13.9. The molecule has 1 fully saturated rings. The molecule has 1 amide bonds. The number of aromatic nitrogens is 2. The van der Waals surface area contributed by atoms with Crippen molar-refractivity contribution in [2.45, 2.75) is 31.7 Å². The quantitative estimate of drug-likeness (QED) is 0.639. The predicted molar refractivity (Wildman–Crippen MR) is 98.3 cm³/mol. The molecule has 1 aliphatic rings. The third-order valence-electron chi connectivity index (χ3n) is 5.30. The second kappa shape index (κ2) is 7.35. The van der Waals surface area contributed by atoms with Crippen molar-refractivity contribution in [3.05, 3.63) is 71.3 Å². The van der Waals surface area contributed by atoms with Gasteiger partial charge in [0.15, 0.2) is 5.82 Å². The number of hydrogen-bond donors (Lipinski definition) is 0. The normalized spacial score (nSPS) is 19.4. The van der Waals surface area contributed by atoms with Gasteiger partial charge in [-0.15, -0.1) is 0 Å². The third-order valence-corrected chi connectivity index (χ3v) is 5.30. The van der Waals surface area contributed by atoms with E-state index < -0.39 is 23.1 Å². The molecule has 5 nitrogen and oxygen atoms in total. The highest BCUT2D eigenvalue weighted by atomic mass is 19.1. The van der Waals surface area contributed by atoms with Crippen LogP contribution in [0.25, 0.3) is 11.5 Å². The molecule has 0 N–H and O–H groups in total. The van der Waals surface area contributed by atoms with Crippen molar-refractivity contribution in [1.82, 2.24) is 15.0 Å². The first kappa shape index (κ1) is 19.2. The number of nitrogens with zero attached hydrogens (tertiary/aromatic N) is 3. The van der Waals surface area contributed by atoms with Crippen LogP contribution in [0.1, 0.15) is 42.4 Å². The van der Waals surface area contributed by atoms with Gasteiger partial charge in [-0.1, -0.05) is 5.16 Å². The molecule has 150 valence electrons. The Morgan fingerprint density at radius 3 is 2.52 bits per heavy atom. The summed E-state index contributed by atoms with van der Waals surface area (Å²) in [6.07, 6.45) is 2.13. The Morgan fingerprint density at radius 2 is 1.79 bits per heavy atom. The Hall–Kier alpha value is -3.16. The van der Waals surface area contributed by atoms with Gasteiger partial charge in [-0.2, -0.15) is 4.98 Å². The molecule has 0 radical (unpaired) electrons. The van der Waals surface area contributed by atoms with Gasteiger partial charge >= 0.3 is 0 Å². The molecule has 3 aromatic rings. The van der Waals surface area contributed by atoms with Crippen LogP contribution < -0.4 is 0 Å². The van der Waals surface area contributed by atoms with Crippen molar-refractivity contribution < 1.29 is 22.5 Å².